The van der Waals surface area contributed by atoms with Gasteiger partial charge in [0.15, 0.2) is 0 Å². The third kappa shape index (κ3) is 74.8. The van der Waals surface area contributed by atoms with Crippen LogP contribution in [-0.2, 0) is 14.6 Å². The molecule has 0 saturated heterocycles. The zero-order valence-corrected chi connectivity index (χ0v) is 15.4. The predicted octanol–water partition coefficient (Wildman–Crippen LogP) is -1.48. The summed E-state index contributed by atoms with van der Waals surface area (Å²) in [6.07, 6.45) is 11.9. The molecule has 0 rings (SSSR count). The van der Waals surface area contributed by atoms with E-state index in [9.17, 15) is 8.42 Å². The second kappa shape index (κ2) is 37.9. The van der Waals surface area contributed by atoms with Crippen LogP contribution < -0.4 is 0 Å². The summed E-state index contributed by atoms with van der Waals surface area (Å²) in [6, 6.07) is 0. The normalized spacial score (nSPS) is 8.37. The molecule has 166 valence electrons. The van der Waals surface area contributed by atoms with Crippen molar-refractivity contribution < 1.29 is 49.4 Å². The van der Waals surface area contributed by atoms with Gasteiger partial charge in [0, 0.05) is 0 Å². The van der Waals surface area contributed by atoms with Crippen molar-refractivity contribution in [3.05, 3.63) is 10.1 Å². The molecule has 0 aliphatic heterocycles. The van der Waals surface area contributed by atoms with Crippen molar-refractivity contribution in [1.82, 2.24) is 0 Å². The first kappa shape index (κ1) is 51.1. The van der Waals surface area contributed by atoms with E-state index in [4.69, 9.17) is 19.9 Å². The summed E-state index contributed by atoms with van der Waals surface area (Å²) < 4.78 is 33.0. The second-order valence-electron chi connectivity index (χ2n) is 4.67. The Bertz CT molecular complexity index is 346. The van der Waals surface area contributed by atoms with Crippen LogP contribution in [0.3, 0.4) is 0 Å². The van der Waals surface area contributed by atoms with Crippen LogP contribution in [0.25, 0.3) is 0 Å². The van der Waals surface area contributed by atoms with Crippen molar-refractivity contribution in [1.29, 1.82) is 0 Å². The summed E-state index contributed by atoms with van der Waals surface area (Å²) in [4.78, 5) is 8.36. The average molecular weight is 468 g/mol. The van der Waals surface area contributed by atoms with E-state index in [1.54, 1.807) is 0 Å². The summed E-state index contributed by atoms with van der Waals surface area (Å²) >= 11 is 0. The Morgan fingerprint density at radius 2 is 1.11 bits per heavy atom. The van der Waals surface area contributed by atoms with Crippen LogP contribution in [0, 0.1) is 10.1 Å². The third-order valence-electron chi connectivity index (χ3n) is 2.73. The topological polar surface area (TPSA) is 253 Å². The van der Waals surface area contributed by atoms with E-state index in [1.165, 1.54) is 44.9 Å². The van der Waals surface area contributed by atoms with Gasteiger partial charge in [-0.1, -0.05) is 64.7 Å². The minimum absolute atomic E-state index is 0. The molecule has 0 aromatic heterocycles. The molecule has 0 aromatic carbocycles. The Morgan fingerprint density at radius 1 is 0.852 bits per heavy atom. The van der Waals surface area contributed by atoms with Crippen LogP contribution in [0.4, 0.5) is 0 Å². The maximum atomic E-state index is 10.2. The first-order chi connectivity index (χ1) is 9.79. The summed E-state index contributed by atoms with van der Waals surface area (Å²) in [6.45, 7) is 2.31. The Balaban J connectivity index is -0.0000000548. The van der Waals surface area contributed by atoms with Crippen LogP contribution >= 0.6 is 0 Å². The predicted molar refractivity (Wildman–Crippen MR) is 108 cm³/mol. The molecular formula is C12H38CaNNaO11S. The van der Waals surface area contributed by atoms with Gasteiger partial charge in [0.1, 0.15) is 0 Å². The fourth-order valence-electron chi connectivity index (χ4n) is 1.75. The average Bonchev–Trinajstić information content (AvgIpc) is 2.34. The van der Waals surface area contributed by atoms with Crippen molar-refractivity contribution in [2.75, 3.05) is 6.61 Å². The second-order valence-corrected chi connectivity index (χ2v) is 5.76. The van der Waals surface area contributed by atoms with Gasteiger partial charge in [-0.15, -0.1) is 10.1 Å². The van der Waals surface area contributed by atoms with Crippen LogP contribution in [0.2, 0.25) is 0 Å². The van der Waals surface area contributed by atoms with Gasteiger partial charge in [0.25, 0.3) is 5.09 Å². The number of nitrogens with zero attached hydrogens (tertiary/aromatic N) is 1. The van der Waals surface area contributed by atoms with Crippen LogP contribution in [0.5, 0.6) is 0 Å². The van der Waals surface area contributed by atoms with Gasteiger partial charge in [-0.3, -0.25) is 4.55 Å². The summed E-state index contributed by atoms with van der Waals surface area (Å²) in [5.41, 5.74) is 0. The van der Waals surface area contributed by atoms with Crippen molar-refractivity contribution in [3.63, 3.8) is 0 Å². The molecule has 0 saturated carbocycles. The van der Waals surface area contributed by atoms with Gasteiger partial charge in [-0.25, -0.2) is 4.18 Å². The zero-order chi connectivity index (χ0) is 16.6. The standard InChI is InChI=1S/C12H26O4S.Ca.HNO3.Na.4H2O.3H/c1-2-3-4-5-6-7-8-9-10-11-12-16-17(13,14)15;;2-1(3)4;;;;;;;;/h2-12H2,1H3,(H,13,14,15);;(H,2,3,4);;4*1H2;;;. The van der Waals surface area contributed by atoms with E-state index < -0.39 is 15.5 Å². The van der Waals surface area contributed by atoms with Crippen LogP contribution in [-0.4, -0.2) is 119 Å². The minimum atomic E-state index is -4.23. The molecule has 0 bridgehead atoms. The molecule has 0 heterocycles. The van der Waals surface area contributed by atoms with Gasteiger partial charge in [-0.2, -0.15) is 8.42 Å². The van der Waals surface area contributed by atoms with E-state index >= 15 is 0 Å². The summed E-state index contributed by atoms with van der Waals surface area (Å²) in [5.74, 6) is 0. The van der Waals surface area contributed by atoms with Gasteiger partial charge in [0.2, 0.25) is 0 Å². The van der Waals surface area contributed by atoms with E-state index in [-0.39, 0.29) is 95.8 Å². The van der Waals surface area contributed by atoms with Gasteiger partial charge in [0.05, 0.1) is 6.61 Å². The molecule has 0 unspecified atom stereocenters. The van der Waals surface area contributed by atoms with Crippen LogP contribution in [0.15, 0.2) is 0 Å². The molecule has 0 radical (unpaired) electrons. The number of unbranched alkanes of at least 4 members (excludes halogenated alkanes) is 9. The summed E-state index contributed by atoms with van der Waals surface area (Å²) in [7, 11) is -4.23. The fraction of sp³-hybridized carbons (Fsp3) is 1.00. The first-order valence-corrected chi connectivity index (χ1v) is 8.61. The molecule has 0 amide bonds. The zero-order valence-electron chi connectivity index (χ0n) is 14.6. The van der Waals surface area contributed by atoms with Crippen molar-refractivity contribution in [2.24, 2.45) is 0 Å². The van der Waals surface area contributed by atoms with Crippen molar-refractivity contribution >= 4 is 77.7 Å². The monoisotopic (exact) mass is 467 g/mol. The van der Waals surface area contributed by atoms with Gasteiger partial charge >= 0.3 is 77.7 Å². The quantitative estimate of drug-likeness (QED) is 0.113. The SMILES string of the molecule is CCCCCCCCCCCCOS(=O)(=O)O.O.O.O.O.O=[N+]([O-])O.[CaH2].[NaH]. The first-order valence-electron chi connectivity index (χ1n) is 7.24. The van der Waals surface area contributed by atoms with E-state index in [1.807, 2.05) is 0 Å². The Morgan fingerprint density at radius 3 is 1.37 bits per heavy atom. The molecule has 0 spiro atoms. The number of hydrogen-bond donors (Lipinski definition) is 2. The van der Waals surface area contributed by atoms with E-state index in [0.717, 1.165) is 12.8 Å². The van der Waals surface area contributed by atoms with Gasteiger partial charge < -0.3 is 27.1 Å². The molecule has 0 fully saturated rings. The van der Waals surface area contributed by atoms with E-state index in [0.29, 0.717) is 6.42 Å². The van der Waals surface area contributed by atoms with Crippen molar-refractivity contribution in [2.45, 2.75) is 71.1 Å². The molecule has 0 aromatic rings. The fourth-order valence-corrected chi connectivity index (χ4v) is 2.08. The Hall–Kier alpha value is 1.17. The molecule has 27 heavy (non-hydrogen) atoms. The molecule has 12 nitrogen and oxygen atoms in total. The molecular weight excluding hydrogens is 429 g/mol. The number of rotatable bonds is 12. The molecule has 15 heteroatoms. The summed E-state index contributed by atoms with van der Waals surface area (Å²) in [5, 5.41) is 13.6. The Labute approximate surface area is 213 Å². The molecule has 0 aliphatic rings. The molecule has 10 N–H and O–H groups in total. The third-order valence-corrected chi connectivity index (χ3v) is 3.19. The van der Waals surface area contributed by atoms with Gasteiger partial charge in [-0.05, 0) is 6.42 Å². The van der Waals surface area contributed by atoms with Crippen LogP contribution in [0.1, 0.15) is 71.1 Å². The number of hydrogen-bond acceptors (Lipinski definition) is 5. The maximum absolute atomic E-state index is 10.2. The Kier molecular flexibility index (Phi) is 71.7. The van der Waals surface area contributed by atoms with Crippen molar-refractivity contribution in [3.8, 4) is 0 Å². The molecule has 0 atom stereocenters. The van der Waals surface area contributed by atoms with E-state index in [2.05, 4.69) is 11.1 Å². The molecule has 0 aliphatic carbocycles.